The van der Waals surface area contributed by atoms with Crippen molar-refractivity contribution in [3.05, 3.63) is 52.8 Å². The molecule has 0 aromatic carbocycles. The number of H-pyrrole nitrogens is 1. The van der Waals surface area contributed by atoms with Gasteiger partial charge in [-0.3, -0.25) is 14.3 Å². The van der Waals surface area contributed by atoms with Gasteiger partial charge in [-0.2, -0.15) is 0 Å². The van der Waals surface area contributed by atoms with Gasteiger partial charge >= 0.3 is 5.69 Å². The van der Waals surface area contributed by atoms with Crippen LogP contribution in [0.15, 0.2) is 15.7 Å². The van der Waals surface area contributed by atoms with Crippen LogP contribution in [0.2, 0.25) is 0 Å². The van der Waals surface area contributed by atoms with Crippen LogP contribution in [0.3, 0.4) is 0 Å². The Bertz CT molecular complexity index is 1310. The molecule has 3 N–H and O–H groups in total. The fourth-order valence-corrected chi connectivity index (χ4v) is 6.37. The first-order chi connectivity index (χ1) is 15.3. The van der Waals surface area contributed by atoms with E-state index in [-0.39, 0.29) is 17.2 Å². The van der Waals surface area contributed by atoms with Crippen molar-refractivity contribution in [3.8, 4) is 0 Å². The van der Waals surface area contributed by atoms with Crippen molar-refractivity contribution < 1.29 is 17.9 Å². The second-order valence-corrected chi connectivity index (χ2v) is 9.90. The molecule has 1 saturated carbocycles. The number of aromatic nitrogens is 2. The third-order valence-electron chi connectivity index (χ3n) is 6.75. The first-order valence-corrected chi connectivity index (χ1v) is 11.6. The number of alkyl halides is 3. The van der Waals surface area contributed by atoms with Gasteiger partial charge in [0.05, 0.1) is 23.6 Å². The Hall–Kier alpha value is -2.33. The minimum atomic E-state index is -3.19. The Labute approximate surface area is 185 Å². The number of aryl methyl sites for hydroxylation is 1. The maximum absolute atomic E-state index is 15.8. The molecule has 32 heavy (non-hydrogen) atoms. The average Bonchev–Trinajstić information content (AvgIpc) is 3.50. The van der Waals surface area contributed by atoms with Gasteiger partial charge in [-0.15, -0.1) is 11.3 Å². The third kappa shape index (κ3) is 3.26. The molecule has 1 fully saturated rings. The number of aromatic amines is 1. The Morgan fingerprint density at radius 1 is 1.31 bits per heavy atom. The summed E-state index contributed by atoms with van der Waals surface area (Å²) in [5, 5.41) is -0.485. The molecule has 0 spiro atoms. The fraction of sp³-hybridized carbons (Fsp3) is 0.545. The van der Waals surface area contributed by atoms with Crippen molar-refractivity contribution in [1.82, 2.24) is 9.55 Å². The van der Waals surface area contributed by atoms with Crippen molar-refractivity contribution in [1.29, 1.82) is 0 Å². The lowest BCUT2D eigenvalue weighted by Crippen LogP contribution is -2.59. The number of nitrogens with one attached hydrogen (secondary N) is 1. The number of rotatable bonds is 5. The number of nitrogens with zero attached hydrogens (tertiary/aromatic N) is 1. The highest BCUT2D eigenvalue weighted by Gasteiger charge is 2.43. The summed E-state index contributed by atoms with van der Waals surface area (Å²) in [6.45, 7) is 0.558. The summed E-state index contributed by atoms with van der Waals surface area (Å²) in [6.07, 6.45) is -1.47. The number of thiophene rings is 1. The van der Waals surface area contributed by atoms with Gasteiger partial charge in [-0.25, -0.2) is 18.0 Å². The number of nitrogens with two attached hydrogens (primary N) is 1. The minimum absolute atomic E-state index is 0.0100. The van der Waals surface area contributed by atoms with Crippen LogP contribution in [0.5, 0.6) is 0 Å². The summed E-state index contributed by atoms with van der Waals surface area (Å²) < 4.78 is 51.0. The zero-order valence-electron chi connectivity index (χ0n) is 17.5. The number of fused-ring (bicyclic) bond motifs is 2. The summed E-state index contributed by atoms with van der Waals surface area (Å²) in [7, 11) is 1.33. The topological polar surface area (TPSA) is 90.1 Å². The largest absolute Gasteiger partial charge is 0.498 e. The lowest BCUT2D eigenvalue weighted by Gasteiger charge is -2.28. The smallest absolute Gasteiger partial charge is 0.329 e. The summed E-state index contributed by atoms with van der Waals surface area (Å²) in [5.74, 6) is -0.749. The second-order valence-electron chi connectivity index (χ2n) is 8.73. The van der Waals surface area contributed by atoms with Crippen molar-refractivity contribution in [2.75, 3.05) is 13.7 Å². The molecular weight excluding hydrogens is 443 g/mol. The molecule has 0 bridgehead atoms. The summed E-state index contributed by atoms with van der Waals surface area (Å²) in [6, 6.07) is 1.63. The van der Waals surface area contributed by atoms with E-state index in [1.165, 1.54) is 23.0 Å². The van der Waals surface area contributed by atoms with Gasteiger partial charge in [0.15, 0.2) is 0 Å². The van der Waals surface area contributed by atoms with Crippen molar-refractivity contribution in [2.24, 2.45) is 11.7 Å². The van der Waals surface area contributed by atoms with Gasteiger partial charge in [0.1, 0.15) is 11.9 Å². The monoisotopic (exact) mass is 467 g/mol. The van der Waals surface area contributed by atoms with Crippen LogP contribution < -0.4 is 27.6 Å². The van der Waals surface area contributed by atoms with Crippen molar-refractivity contribution >= 4 is 22.7 Å². The molecule has 10 heteroatoms. The van der Waals surface area contributed by atoms with Crippen LogP contribution in [-0.4, -0.2) is 35.8 Å². The van der Waals surface area contributed by atoms with Gasteiger partial charge in [0.25, 0.3) is 12.0 Å². The predicted octanol–water partition coefficient (Wildman–Crippen LogP) is 1.30. The molecule has 3 aliphatic carbocycles. The van der Waals surface area contributed by atoms with Gasteiger partial charge < -0.3 is 10.5 Å². The second kappa shape index (κ2) is 7.91. The first-order valence-electron chi connectivity index (χ1n) is 10.8. The van der Waals surface area contributed by atoms with Crippen LogP contribution in [0.4, 0.5) is 13.2 Å². The van der Waals surface area contributed by atoms with E-state index < -0.39 is 40.6 Å². The molecule has 5 rings (SSSR count). The Balaban J connectivity index is 1.81. The maximum atomic E-state index is 15.8. The molecule has 0 saturated heterocycles. The molecule has 0 radical (unpaired) electrons. The molecule has 2 aromatic rings. The highest BCUT2D eigenvalue weighted by molar-refractivity contribution is 7.12. The maximum Gasteiger partial charge on any atom is 0.329 e. The average molecular weight is 468 g/mol. The number of methoxy groups -OCH3 is 1. The zero-order chi connectivity index (χ0) is 22.7. The number of halogens is 3. The van der Waals surface area contributed by atoms with Gasteiger partial charge in [-0.05, 0) is 56.2 Å². The molecule has 0 aliphatic heterocycles. The molecule has 3 unspecified atom stereocenters. The molecular formula is C22H24F3N3O3S. The predicted molar refractivity (Wildman–Crippen MR) is 115 cm³/mol. The zero-order valence-corrected chi connectivity index (χ0v) is 18.3. The highest BCUT2D eigenvalue weighted by Crippen LogP contribution is 2.44. The van der Waals surface area contributed by atoms with Gasteiger partial charge in [-0.1, -0.05) is 0 Å². The van der Waals surface area contributed by atoms with Crippen molar-refractivity contribution in [2.45, 2.75) is 56.7 Å². The third-order valence-corrected chi connectivity index (χ3v) is 8.07. The molecule has 2 heterocycles. The molecule has 172 valence electrons. The number of hydrogen-bond acceptors (Lipinski definition) is 5. The lowest BCUT2D eigenvalue weighted by molar-refractivity contribution is 0.186. The van der Waals surface area contributed by atoms with Gasteiger partial charge in [0, 0.05) is 21.4 Å². The molecule has 3 aliphatic rings. The van der Waals surface area contributed by atoms with E-state index in [0.29, 0.717) is 30.2 Å². The van der Waals surface area contributed by atoms with Crippen LogP contribution in [-0.2, 0) is 17.6 Å². The molecule has 0 amide bonds. The normalized spacial score (nSPS) is 25.1. The van der Waals surface area contributed by atoms with E-state index in [4.69, 9.17) is 10.5 Å². The number of hydrogen-bond donors (Lipinski definition) is 2. The standard InChI is InChI=1S/C22H24F3N3O3S/c1-31-19-14(13-7-10-6-9(8-26)2-5-12(10)32-13)17(23)15(20(24)25)16-18(19)28(11-3-4-11)22(30)27-21(16)29/h7,9,11,14,17,20H,2-6,8,26H2,1H3,(H,27,29,30). The molecule has 3 atom stereocenters. The highest BCUT2D eigenvalue weighted by atomic mass is 32.1. The van der Waals surface area contributed by atoms with Crippen LogP contribution in [0.25, 0.3) is 11.3 Å². The Morgan fingerprint density at radius 2 is 2.06 bits per heavy atom. The molecule has 6 nitrogen and oxygen atoms in total. The summed E-state index contributed by atoms with van der Waals surface area (Å²) in [5.41, 5.74) is 4.31. The first kappa shape index (κ1) is 21.5. The lowest BCUT2D eigenvalue weighted by atomic mass is 9.85. The van der Waals surface area contributed by atoms with E-state index in [0.717, 1.165) is 29.7 Å². The summed E-state index contributed by atoms with van der Waals surface area (Å²) in [4.78, 5) is 29.0. The minimum Gasteiger partial charge on any atom is -0.498 e. The van der Waals surface area contributed by atoms with E-state index in [2.05, 4.69) is 4.98 Å². The number of ether oxygens (including phenoxy) is 1. The van der Waals surface area contributed by atoms with Crippen molar-refractivity contribution in [3.63, 3.8) is 0 Å². The van der Waals surface area contributed by atoms with Crippen LogP contribution in [0, 0.1) is 5.92 Å². The van der Waals surface area contributed by atoms with Crippen LogP contribution in [0.1, 0.15) is 46.5 Å². The van der Waals surface area contributed by atoms with E-state index in [9.17, 15) is 18.4 Å². The van der Waals surface area contributed by atoms with E-state index >= 15 is 4.39 Å². The quantitative estimate of drug-likeness (QED) is 0.694. The fourth-order valence-electron chi connectivity index (χ4n) is 5.04. The Morgan fingerprint density at radius 3 is 2.69 bits per heavy atom. The van der Waals surface area contributed by atoms with E-state index in [1.54, 1.807) is 0 Å². The Kier molecular flexibility index (Phi) is 5.32. The van der Waals surface area contributed by atoms with Gasteiger partial charge in [0.2, 0.25) is 0 Å². The SMILES string of the molecule is COC1=c2c(c(=O)[nH]c(=O)n2C2CC2)=C(C(F)F)C(F)C1c1cc2c(s1)CCC(CN)C2. The molecule has 2 aromatic heterocycles. The summed E-state index contributed by atoms with van der Waals surface area (Å²) >= 11 is 1.39. The van der Waals surface area contributed by atoms with Crippen LogP contribution >= 0.6 is 11.3 Å². The van der Waals surface area contributed by atoms with E-state index in [1.807, 2.05) is 6.07 Å².